The predicted molar refractivity (Wildman–Crippen MR) is 260 cm³/mol. The van der Waals surface area contributed by atoms with E-state index in [1.54, 1.807) is 45.5 Å². The maximum absolute atomic E-state index is 10.3. The summed E-state index contributed by atoms with van der Waals surface area (Å²) in [6, 6.07) is 10.2. The Labute approximate surface area is 388 Å². The van der Waals surface area contributed by atoms with Gasteiger partial charge in [-0.1, -0.05) is 6.42 Å². The molecule has 3 saturated heterocycles. The molecule has 0 saturated carbocycles. The lowest BCUT2D eigenvalue weighted by atomic mass is 10.1. The van der Waals surface area contributed by atoms with E-state index in [2.05, 4.69) is 113 Å². The Morgan fingerprint density at radius 2 is 1.30 bits per heavy atom. The van der Waals surface area contributed by atoms with Gasteiger partial charge in [0.15, 0.2) is 24.4 Å². The van der Waals surface area contributed by atoms with Crippen LogP contribution in [0.1, 0.15) is 59.2 Å². The van der Waals surface area contributed by atoms with Crippen LogP contribution in [0.15, 0.2) is 76.7 Å². The van der Waals surface area contributed by atoms with Gasteiger partial charge in [-0.3, -0.25) is 9.36 Å². The average Bonchev–Trinajstić information content (AvgIpc) is 4.12. The number of halogens is 2. The van der Waals surface area contributed by atoms with Crippen molar-refractivity contribution in [3.05, 3.63) is 81.3 Å². The minimum Gasteiger partial charge on any atom is -0.477 e. The summed E-state index contributed by atoms with van der Waals surface area (Å²) >= 11 is 14.7. The highest BCUT2D eigenvalue weighted by Gasteiger charge is 2.38. The molecule has 19 heteroatoms. The Hall–Kier alpha value is -3.01. The zero-order valence-electron chi connectivity index (χ0n) is 34.0. The highest BCUT2D eigenvalue weighted by Crippen LogP contribution is 2.41. The molecule has 0 spiro atoms. The standard InChI is InChI=1S/C11H15N3S.C11H16N3S.C10H14N4S.C5H3BrO2S.C4H3BrS/c1-13-9-5-8-15-10(9)11(12-13)14-6-3-2-4-7-14;1-13-11(14-6-3-2-4-7-14)10-9(12-13)5-8-15-10;1-13-8-2-7-15-9(8)10(12-13)14-5-3-11-4-6-14;6-3-1-2-9-4(3)5(7)8;5-4-1-2-6-3-4/h5,8H,2-4,6-7H2,1H3;5,8,11H,2-4,6-7H2,1H3;2,7,11H,3-6H2,1H3;1-2H,(H,7,8);1-3H/q;+1;;;. The molecule has 320 valence electrons. The van der Waals surface area contributed by atoms with Gasteiger partial charge in [0.05, 0.1) is 20.4 Å². The molecule has 0 aromatic carbocycles. The SMILES string of the molecule is Brc1ccsc1.C[N+]1=Nc2ccsc2C1N1CCCCC1.Cn1nc(N2CCCCC2)c2sccc21.Cn1nc(N2CCNCC2)c2sccc21.O=C(O)c1sccc1Br. The first-order valence-corrected chi connectivity index (χ1v) is 26.1. The first kappa shape index (κ1) is 45.0. The van der Waals surface area contributed by atoms with E-state index in [4.69, 9.17) is 5.11 Å². The highest BCUT2D eigenvalue weighted by atomic mass is 79.9. The molecule has 2 N–H and O–H groups in total. The summed E-state index contributed by atoms with van der Waals surface area (Å²) in [5.74, 6) is 1.48. The number of hydrogen-bond acceptors (Lipinski definition) is 13. The number of aryl methyl sites for hydroxylation is 2. The fourth-order valence-electron chi connectivity index (χ4n) is 7.57. The first-order valence-electron chi connectivity index (χ1n) is 20.1. The van der Waals surface area contributed by atoms with Gasteiger partial charge < -0.3 is 20.2 Å². The van der Waals surface area contributed by atoms with Gasteiger partial charge in [0, 0.05) is 80.8 Å². The molecule has 0 aliphatic carbocycles. The number of likely N-dealkylation sites (tertiary alicyclic amines) is 1. The molecule has 11 heterocycles. The number of anilines is 2. The number of fused-ring (bicyclic) bond motifs is 3. The Balaban J connectivity index is 0.000000117. The van der Waals surface area contributed by atoms with Crippen LogP contribution in [0.25, 0.3) is 20.4 Å². The van der Waals surface area contributed by atoms with Crippen LogP contribution in [0.4, 0.5) is 17.3 Å². The van der Waals surface area contributed by atoms with Crippen molar-refractivity contribution >= 4 is 132 Å². The second-order valence-corrected chi connectivity index (χ2v) is 20.9. The molecule has 4 aliphatic heterocycles. The monoisotopic (exact) mass is 1030 g/mol. The van der Waals surface area contributed by atoms with Crippen LogP contribution in [0.3, 0.4) is 0 Å². The van der Waals surface area contributed by atoms with Gasteiger partial charge in [0.25, 0.3) is 6.17 Å². The van der Waals surface area contributed by atoms with Crippen molar-refractivity contribution in [2.45, 2.75) is 44.7 Å². The zero-order valence-corrected chi connectivity index (χ0v) is 41.3. The third-order valence-electron chi connectivity index (χ3n) is 10.5. The molecule has 7 aromatic heterocycles. The van der Waals surface area contributed by atoms with Crippen LogP contribution < -0.4 is 15.1 Å². The largest absolute Gasteiger partial charge is 0.477 e. The smallest absolute Gasteiger partial charge is 0.347 e. The fourth-order valence-corrected chi connectivity index (χ4v) is 12.9. The number of piperazine rings is 1. The molecule has 4 aliphatic rings. The summed E-state index contributed by atoms with van der Waals surface area (Å²) in [4.78, 5) is 19.4. The first-order chi connectivity index (χ1) is 29.2. The van der Waals surface area contributed by atoms with Crippen LogP contribution >= 0.6 is 88.5 Å². The molecule has 1 atom stereocenters. The normalized spacial score (nSPS) is 17.7. The maximum atomic E-state index is 10.3. The van der Waals surface area contributed by atoms with Crippen LogP contribution in [0.5, 0.6) is 0 Å². The second kappa shape index (κ2) is 21.9. The van der Waals surface area contributed by atoms with Crippen molar-refractivity contribution in [1.82, 2.24) is 29.8 Å². The van der Waals surface area contributed by atoms with Gasteiger partial charge in [0.1, 0.15) is 9.75 Å². The topological polar surface area (TPSA) is 110 Å². The predicted octanol–water partition coefficient (Wildman–Crippen LogP) is 11.4. The van der Waals surface area contributed by atoms with Crippen molar-refractivity contribution in [3.63, 3.8) is 0 Å². The molecular formula is C41H51Br2N10O2S5+. The molecule has 7 aromatic rings. The van der Waals surface area contributed by atoms with E-state index < -0.39 is 5.97 Å². The Morgan fingerprint density at radius 1 is 0.733 bits per heavy atom. The minimum absolute atomic E-state index is 0.356. The number of rotatable bonds is 4. The second-order valence-electron chi connectivity index (χ2n) is 14.6. The number of piperidine rings is 2. The number of hydrogen-bond donors (Lipinski definition) is 2. The van der Waals surface area contributed by atoms with Gasteiger partial charge in [-0.15, -0.1) is 50.0 Å². The summed E-state index contributed by atoms with van der Waals surface area (Å²) in [6.45, 7) is 9.03. The molecule has 1 unspecified atom stereocenters. The van der Waals surface area contributed by atoms with E-state index in [0.717, 1.165) is 32.0 Å². The number of carboxylic acids is 1. The number of thiophene rings is 5. The molecule has 0 bridgehead atoms. The average molecular weight is 1040 g/mol. The van der Waals surface area contributed by atoms with Gasteiger partial charge in [0.2, 0.25) is 0 Å². The lowest BCUT2D eigenvalue weighted by Crippen LogP contribution is -2.43. The van der Waals surface area contributed by atoms with Crippen LogP contribution in [0.2, 0.25) is 0 Å². The van der Waals surface area contributed by atoms with Gasteiger partial charge in [-0.2, -0.15) is 21.5 Å². The lowest BCUT2D eigenvalue weighted by Gasteiger charge is -2.27. The number of aromatic nitrogens is 4. The fraction of sp³-hybridized carbons (Fsp3) is 0.439. The van der Waals surface area contributed by atoms with Gasteiger partial charge >= 0.3 is 5.97 Å². The van der Waals surface area contributed by atoms with Crippen molar-refractivity contribution < 1.29 is 14.6 Å². The lowest BCUT2D eigenvalue weighted by molar-refractivity contribution is -0.622. The van der Waals surface area contributed by atoms with Crippen LogP contribution in [-0.2, 0) is 14.1 Å². The summed E-state index contributed by atoms with van der Waals surface area (Å²) in [5.41, 5.74) is 3.69. The number of nitrogens with one attached hydrogen (secondary N) is 1. The summed E-state index contributed by atoms with van der Waals surface area (Å²) in [7, 11) is 6.13. The van der Waals surface area contributed by atoms with E-state index >= 15 is 0 Å². The van der Waals surface area contributed by atoms with E-state index in [1.807, 2.05) is 51.6 Å². The third-order valence-corrected chi connectivity index (χ3v) is 16.6. The van der Waals surface area contributed by atoms with Crippen LogP contribution in [0, 0.1) is 0 Å². The third kappa shape index (κ3) is 11.1. The molecule has 0 radical (unpaired) electrons. The highest BCUT2D eigenvalue weighted by molar-refractivity contribution is 9.10. The van der Waals surface area contributed by atoms with Crippen molar-refractivity contribution in [1.29, 1.82) is 0 Å². The number of nitrogens with zero attached hydrogens (tertiary/aromatic N) is 9. The number of azo groups is 2. The molecule has 3 fully saturated rings. The number of carbonyl (C=O) groups is 1. The van der Waals surface area contributed by atoms with Crippen molar-refractivity contribution in [3.8, 4) is 0 Å². The quantitative estimate of drug-likeness (QED) is 0.168. The van der Waals surface area contributed by atoms with Gasteiger partial charge in [-0.25, -0.2) is 9.69 Å². The number of carboxylic acid groups (broad SMARTS) is 1. The summed E-state index contributed by atoms with van der Waals surface area (Å²) in [6.07, 6.45) is 8.47. The van der Waals surface area contributed by atoms with E-state index in [9.17, 15) is 4.79 Å². The van der Waals surface area contributed by atoms with Crippen molar-refractivity contribution in [2.75, 3.05) is 69.2 Å². The molecule has 0 amide bonds. The van der Waals surface area contributed by atoms with Gasteiger partial charge in [-0.05, 0) is 126 Å². The Kier molecular flexibility index (Phi) is 16.4. The summed E-state index contributed by atoms with van der Waals surface area (Å²) < 4.78 is 10.6. The molecule has 12 nitrogen and oxygen atoms in total. The van der Waals surface area contributed by atoms with Crippen molar-refractivity contribution in [2.24, 2.45) is 19.2 Å². The van der Waals surface area contributed by atoms with E-state index in [1.165, 1.54) is 117 Å². The van der Waals surface area contributed by atoms with E-state index in [-0.39, 0.29) is 0 Å². The Morgan fingerprint density at radius 3 is 1.80 bits per heavy atom. The Bertz CT molecular complexity index is 2340. The minimum atomic E-state index is -0.878. The van der Waals surface area contributed by atoms with Crippen LogP contribution in [-0.4, -0.2) is 99.6 Å². The molecule has 11 rings (SSSR count). The van der Waals surface area contributed by atoms with E-state index in [0.29, 0.717) is 15.5 Å². The summed E-state index contributed by atoms with van der Waals surface area (Å²) in [5, 5.41) is 37.8. The zero-order chi connectivity index (χ0) is 42.0. The maximum Gasteiger partial charge on any atom is 0.347 e. The number of aromatic carboxylic acids is 1. The molecule has 60 heavy (non-hydrogen) atoms. The molecular weight excluding hydrogens is 985 g/mol.